The molecule has 0 aromatic carbocycles. The molecule has 1 aromatic heterocycles. The van der Waals surface area contributed by atoms with Crippen LogP contribution in [-0.2, 0) is 11.3 Å². The van der Waals surface area contributed by atoms with Crippen molar-refractivity contribution in [2.24, 2.45) is 0 Å². The molecule has 0 saturated heterocycles. The number of carboxylic acid groups (broad SMARTS) is 1. The SMILES string of the molecule is O=C(O)c1ccc(COC(O)(F)F)o1. The highest BCUT2D eigenvalue weighted by Crippen LogP contribution is 2.15. The van der Waals surface area contributed by atoms with E-state index in [1.807, 2.05) is 0 Å². The number of ether oxygens (including phenoxy) is 1. The van der Waals surface area contributed by atoms with Crippen molar-refractivity contribution in [2.75, 3.05) is 0 Å². The van der Waals surface area contributed by atoms with Crippen LogP contribution in [0.1, 0.15) is 16.3 Å². The van der Waals surface area contributed by atoms with Gasteiger partial charge in [0.15, 0.2) is 0 Å². The molecule has 7 heteroatoms. The molecule has 0 atom stereocenters. The average molecular weight is 208 g/mol. The number of carboxylic acids is 1. The van der Waals surface area contributed by atoms with Gasteiger partial charge in [0.05, 0.1) is 0 Å². The molecule has 0 aliphatic rings. The third-order valence-corrected chi connectivity index (χ3v) is 1.26. The predicted molar refractivity (Wildman–Crippen MR) is 37.6 cm³/mol. The van der Waals surface area contributed by atoms with Gasteiger partial charge < -0.3 is 14.6 Å². The van der Waals surface area contributed by atoms with E-state index in [0.717, 1.165) is 12.1 Å². The minimum atomic E-state index is -4.25. The van der Waals surface area contributed by atoms with Gasteiger partial charge in [-0.2, -0.15) is 0 Å². The lowest BCUT2D eigenvalue weighted by molar-refractivity contribution is -0.377. The molecule has 14 heavy (non-hydrogen) atoms. The van der Waals surface area contributed by atoms with E-state index in [1.54, 1.807) is 0 Å². The molecule has 0 radical (unpaired) electrons. The van der Waals surface area contributed by atoms with E-state index in [9.17, 15) is 13.6 Å². The Labute approximate surface area is 76.5 Å². The Balaban J connectivity index is 2.56. The summed E-state index contributed by atoms with van der Waals surface area (Å²) in [7, 11) is 0. The summed E-state index contributed by atoms with van der Waals surface area (Å²) >= 11 is 0. The Morgan fingerprint density at radius 1 is 1.57 bits per heavy atom. The normalized spacial score (nSPS) is 11.6. The average Bonchev–Trinajstić information content (AvgIpc) is 2.47. The van der Waals surface area contributed by atoms with Crippen LogP contribution in [0.15, 0.2) is 16.5 Å². The van der Waals surface area contributed by atoms with E-state index in [-0.39, 0.29) is 11.5 Å². The number of alkyl halides is 2. The summed E-state index contributed by atoms with van der Waals surface area (Å²) in [4.78, 5) is 10.3. The number of hydrogen-bond donors (Lipinski definition) is 2. The summed E-state index contributed by atoms with van der Waals surface area (Å²) in [6, 6.07) is 2.26. The smallest absolute Gasteiger partial charge is 0.475 e. The molecule has 2 N–H and O–H groups in total. The van der Waals surface area contributed by atoms with Gasteiger partial charge >= 0.3 is 12.3 Å². The largest absolute Gasteiger partial charge is 0.483 e. The van der Waals surface area contributed by atoms with Gasteiger partial charge in [-0.3, -0.25) is 4.74 Å². The van der Waals surface area contributed by atoms with E-state index in [4.69, 9.17) is 10.2 Å². The standard InChI is InChI=1S/C7H6F2O5/c8-7(9,12)13-3-4-1-2-5(14-4)6(10)11/h1-2,12H,3H2,(H,10,11). The fourth-order valence-electron chi connectivity index (χ4n) is 0.728. The molecule has 1 aromatic rings. The van der Waals surface area contributed by atoms with Crippen LogP contribution < -0.4 is 0 Å². The zero-order valence-electron chi connectivity index (χ0n) is 6.74. The van der Waals surface area contributed by atoms with Gasteiger partial charge in [0.25, 0.3) is 0 Å². The molecule has 0 aliphatic heterocycles. The second-order valence-electron chi connectivity index (χ2n) is 2.35. The molecule has 0 spiro atoms. The van der Waals surface area contributed by atoms with Crippen molar-refractivity contribution in [3.63, 3.8) is 0 Å². The molecule has 1 rings (SSSR count). The number of rotatable bonds is 4. The molecule has 0 unspecified atom stereocenters. The Bertz CT molecular complexity index is 327. The molecular formula is C7H6F2O5. The number of halogens is 2. The van der Waals surface area contributed by atoms with Crippen molar-refractivity contribution in [3.05, 3.63) is 23.7 Å². The van der Waals surface area contributed by atoms with Gasteiger partial charge in [-0.15, -0.1) is 8.78 Å². The van der Waals surface area contributed by atoms with Gasteiger partial charge in [-0.25, -0.2) is 4.79 Å². The predicted octanol–water partition coefficient (Wildman–Crippen LogP) is 1.04. The minimum absolute atomic E-state index is 0.115. The fraction of sp³-hybridized carbons (Fsp3) is 0.286. The van der Waals surface area contributed by atoms with Crippen molar-refractivity contribution in [1.82, 2.24) is 0 Å². The van der Waals surface area contributed by atoms with Crippen LogP contribution in [-0.4, -0.2) is 22.5 Å². The van der Waals surface area contributed by atoms with E-state index in [1.165, 1.54) is 0 Å². The zero-order chi connectivity index (χ0) is 10.8. The quantitative estimate of drug-likeness (QED) is 0.722. The fourth-order valence-corrected chi connectivity index (χ4v) is 0.728. The number of aromatic carboxylic acids is 1. The number of hydrogen-bond acceptors (Lipinski definition) is 4. The summed E-state index contributed by atoms with van der Waals surface area (Å²) in [6.07, 6.45) is -4.25. The third kappa shape index (κ3) is 3.11. The highest BCUT2D eigenvalue weighted by Gasteiger charge is 2.26. The van der Waals surface area contributed by atoms with Crippen LogP contribution >= 0.6 is 0 Å². The van der Waals surface area contributed by atoms with Crippen molar-refractivity contribution < 1.29 is 32.9 Å². The maximum Gasteiger partial charge on any atom is 0.483 e. The van der Waals surface area contributed by atoms with Gasteiger partial charge in [-0.05, 0) is 12.1 Å². The lowest BCUT2D eigenvalue weighted by atomic mass is 10.4. The molecule has 0 aliphatic carbocycles. The highest BCUT2D eigenvalue weighted by atomic mass is 19.3. The van der Waals surface area contributed by atoms with Crippen LogP contribution in [0.3, 0.4) is 0 Å². The van der Waals surface area contributed by atoms with Crippen LogP contribution in [0, 0.1) is 0 Å². The lowest BCUT2D eigenvalue weighted by Crippen LogP contribution is -2.18. The Morgan fingerprint density at radius 2 is 2.21 bits per heavy atom. The summed E-state index contributed by atoms with van der Waals surface area (Å²) < 4.78 is 31.7. The molecule has 0 saturated carbocycles. The van der Waals surface area contributed by atoms with Crippen molar-refractivity contribution in [1.29, 1.82) is 0 Å². The maximum absolute atomic E-state index is 11.7. The van der Waals surface area contributed by atoms with Crippen LogP contribution in [0.25, 0.3) is 0 Å². The van der Waals surface area contributed by atoms with E-state index < -0.39 is 18.9 Å². The monoisotopic (exact) mass is 208 g/mol. The number of furan rings is 1. The van der Waals surface area contributed by atoms with E-state index in [2.05, 4.69) is 9.15 Å². The Kier molecular flexibility index (Phi) is 2.82. The summed E-state index contributed by atoms with van der Waals surface area (Å²) in [5.74, 6) is -1.81. The summed E-state index contributed by atoms with van der Waals surface area (Å²) in [5.41, 5.74) is 0. The molecule has 78 valence electrons. The molecular weight excluding hydrogens is 202 g/mol. The highest BCUT2D eigenvalue weighted by molar-refractivity contribution is 5.84. The molecule has 0 amide bonds. The third-order valence-electron chi connectivity index (χ3n) is 1.26. The number of aliphatic hydroxyl groups is 1. The Morgan fingerprint density at radius 3 is 2.64 bits per heavy atom. The molecule has 5 nitrogen and oxygen atoms in total. The minimum Gasteiger partial charge on any atom is -0.475 e. The maximum atomic E-state index is 11.7. The van der Waals surface area contributed by atoms with Gasteiger partial charge in [0.2, 0.25) is 5.76 Å². The van der Waals surface area contributed by atoms with Crippen LogP contribution in [0.5, 0.6) is 0 Å². The molecule has 1 heterocycles. The van der Waals surface area contributed by atoms with Gasteiger partial charge in [-0.1, -0.05) is 0 Å². The first-order valence-corrected chi connectivity index (χ1v) is 3.44. The van der Waals surface area contributed by atoms with E-state index in [0.29, 0.717) is 0 Å². The summed E-state index contributed by atoms with van der Waals surface area (Å²) in [6.45, 7) is -0.712. The lowest BCUT2D eigenvalue weighted by Gasteiger charge is -2.06. The van der Waals surface area contributed by atoms with E-state index >= 15 is 0 Å². The second kappa shape index (κ2) is 3.72. The second-order valence-corrected chi connectivity index (χ2v) is 2.35. The van der Waals surface area contributed by atoms with Gasteiger partial charge in [0.1, 0.15) is 12.4 Å². The molecule has 0 fully saturated rings. The van der Waals surface area contributed by atoms with Crippen molar-refractivity contribution in [2.45, 2.75) is 12.9 Å². The van der Waals surface area contributed by atoms with Crippen LogP contribution in [0.2, 0.25) is 0 Å². The van der Waals surface area contributed by atoms with Crippen molar-refractivity contribution in [3.8, 4) is 0 Å². The first kappa shape index (κ1) is 10.6. The topological polar surface area (TPSA) is 79.9 Å². The first-order chi connectivity index (χ1) is 6.38. The Hall–Kier alpha value is -1.47. The molecule has 0 bridgehead atoms. The van der Waals surface area contributed by atoms with Crippen LogP contribution in [0.4, 0.5) is 8.78 Å². The first-order valence-electron chi connectivity index (χ1n) is 3.44. The summed E-state index contributed by atoms with van der Waals surface area (Å²) in [5, 5.41) is 16.3. The van der Waals surface area contributed by atoms with Gasteiger partial charge in [0, 0.05) is 0 Å². The van der Waals surface area contributed by atoms with Crippen molar-refractivity contribution >= 4 is 5.97 Å². The number of carbonyl (C=O) groups is 1. The zero-order valence-corrected chi connectivity index (χ0v) is 6.74.